The Balaban J connectivity index is 2.65. The van der Waals surface area contributed by atoms with Crippen molar-refractivity contribution in [2.75, 3.05) is 6.61 Å². The highest BCUT2D eigenvalue weighted by Crippen LogP contribution is 2.15. The Bertz CT molecular complexity index is 417. The maximum Gasteiger partial charge on any atom is 0.306 e. The van der Waals surface area contributed by atoms with Crippen molar-refractivity contribution in [1.82, 2.24) is 0 Å². The van der Waals surface area contributed by atoms with E-state index in [1.165, 1.54) is 6.07 Å². The highest BCUT2D eigenvalue weighted by Gasteiger charge is 2.10. The molecule has 0 saturated carbocycles. The first-order valence-electron chi connectivity index (χ1n) is 5.66. The fraction of sp³-hybridized carbons (Fsp3) is 0.385. The molecule has 0 radical (unpaired) electrons. The fourth-order valence-corrected chi connectivity index (χ4v) is 1.53. The third kappa shape index (κ3) is 4.16. The van der Waals surface area contributed by atoms with Gasteiger partial charge in [0.1, 0.15) is 12.4 Å². The van der Waals surface area contributed by atoms with Crippen LogP contribution >= 0.6 is 0 Å². The average Bonchev–Trinajstić information content (AvgIpc) is 2.36. The quantitative estimate of drug-likeness (QED) is 0.551. The number of rotatable bonds is 7. The van der Waals surface area contributed by atoms with Gasteiger partial charge in [0.25, 0.3) is 6.47 Å². The van der Waals surface area contributed by atoms with Gasteiger partial charge in [-0.1, -0.05) is 18.2 Å². The van der Waals surface area contributed by atoms with Crippen molar-refractivity contribution in [3.8, 4) is 0 Å². The molecular formula is C13H15FO4. The summed E-state index contributed by atoms with van der Waals surface area (Å²) in [5, 5.41) is 0. The molecule has 0 atom stereocenters. The van der Waals surface area contributed by atoms with Gasteiger partial charge in [-0.25, -0.2) is 4.39 Å². The summed E-state index contributed by atoms with van der Waals surface area (Å²) in [6, 6.07) is 4.79. The topological polar surface area (TPSA) is 52.6 Å². The molecule has 98 valence electrons. The third-order valence-electron chi connectivity index (χ3n) is 2.37. The molecule has 0 amide bonds. The van der Waals surface area contributed by atoms with Crippen molar-refractivity contribution in [3.05, 3.63) is 35.1 Å². The van der Waals surface area contributed by atoms with E-state index >= 15 is 0 Å². The van der Waals surface area contributed by atoms with Crippen molar-refractivity contribution < 1.29 is 23.5 Å². The first kappa shape index (κ1) is 14.2. The first-order chi connectivity index (χ1) is 8.69. The number of aryl methyl sites for hydroxylation is 1. The second-order valence-electron chi connectivity index (χ2n) is 3.60. The second-order valence-corrected chi connectivity index (χ2v) is 3.60. The average molecular weight is 254 g/mol. The maximum atomic E-state index is 13.9. The highest BCUT2D eigenvalue weighted by molar-refractivity contribution is 5.69. The van der Waals surface area contributed by atoms with Crippen molar-refractivity contribution in [3.63, 3.8) is 0 Å². The van der Waals surface area contributed by atoms with E-state index in [1.807, 2.05) is 0 Å². The number of halogens is 1. The molecule has 0 unspecified atom stereocenters. The van der Waals surface area contributed by atoms with Crippen molar-refractivity contribution in [2.24, 2.45) is 0 Å². The van der Waals surface area contributed by atoms with Crippen LogP contribution in [-0.4, -0.2) is 19.0 Å². The van der Waals surface area contributed by atoms with Crippen LogP contribution in [0.1, 0.15) is 24.5 Å². The van der Waals surface area contributed by atoms with Crippen LogP contribution in [-0.2, 0) is 32.1 Å². The minimum absolute atomic E-state index is 0.109. The van der Waals surface area contributed by atoms with Gasteiger partial charge in [-0.15, -0.1) is 0 Å². The van der Waals surface area contributed by atoms with E-state index in [2.05, 4.69) is 4.74 Å². The van der Waals surface area contributed by atoms with Gasteiger partial charge < -0.3 is 9.47 Å². The van der Waals surface area contributed by atoms with Crippen LogP contribution in [0.3, 0.4) is 0 Å². The molecule has 18 heavy (non-hydrogen) atoms. The molecule has 0 aliphatic carbocycles. The minimum atomic E-state index is -0.441. The van der Waals surface area contributed by atoms with E-state index in [4.69, 9.17) is 4.74 Å². The van der Waals surface area contributed by atoms with Gasteiger partial charge in [-0.3, -0.25) is 9.59 Å². The number of ether oxygens (including phenoxy) is 2. The van der Waals surface area contributed by atoms with Crippen molar-refractivity contribution >= 4 is 12.4 Å². The zero-order valence-electron chi connectivity index (χ0n) is 10.1. The summed E-state index contributed by atoms with van der Waals surface area (Å²) in [6.07, 6.45) is 0.391. The van der Waals surface area contributed by atoms with Gasteiger partial charge in [0.2, 0.25) is 0 Å². The number of carbonyl (C=O) groups excluding carboxylic acids is 2. The van der Waals surface area contributed by atoms with Crippen LogP contribution in [0.2, 0.25) is 0 Å². The van der Waals surface area contributed by atoms with E-state index in [0.717, 1.165) is 0 Å². The normalized spacial score (nSPS) is 9.89. The molecule has 0 saturated heterocycles. The van der Waals surface area contributed by atoms with Crippen LogP contribution in [0.15, 0.2) is 18.2 Å². The summed E-state index contributed by atoms with van der Waals surface area (Å²) >= 11 is 0. The molecule has 0 aliphatic rings. The summed E-state index contributed by atoms with van der Waals surface area (Å²) < 4.78 is 23.2. The molecule has 0 aromatic heterocycles. The van der Waals surface area contributed by atoms with Gasteiger partial charge in [-0.2, -0.15) is 0 Å². The predicted octanol–water partition coefficient (Wildman–Crippen LogP) is 1.99. The number of hydrogen-bond donors (Lipinski definition) is 0. The third-order valence-corrected chi connectivity index (χ3v) is 2.37. The largest absolute Gasteiger partial charge is 0.466 e. The molecular weight excluding hydrogens is 239 g/mol. The summed E-state index contributed by atoms with van der Waals surface area (Å²) in [4.78, 5) is 21.2. The van der Waals surface area contributed by atoms with E-state index < -0.39 is 5.82 Å². The minimum Gasteiger partial charge on any atom is -0.466 e. The number of esters is 1. The summed E-state index contributed by atoms with van der Waals surface area (Å²) in [5.41, 5.74) is 0.707. The molecule has 1 aromatic rings. The van der Waals surface area contributed by atoms with Gasteiger partial charge >= 0.3 is 5.97 Å². The van der Waals surface area contributed by atoms with E-state index in [1.54, 1.807) is 19.1 Å². The summed E-state index contributed by atoms with van der Waals surface area (Å²) in [5.74, 6) is -0.796. The lowest BCUT2D eigenvalue weighted by molar-refractivity contribution is -0.143. The van der Waals surface area contributed by atoms with Gasteiger partial charge in [0, 0.05) is 12.0 Å². The van der Waals surface area contributed by atoms with Gasteiger partial charge in [0.05, 0.1) is 6.61 Å². The lowest BCUT2D eigenvalue weighted by Crippen LogP contribution is -2.07. The van der Waals surface area contributed by atoms with Crippen LogP contribution < -0.4 is 0 Å². The van der Waals surface area contributed by atoms with Crippen molar-refractivity contribution in [2.45, 2.75) is 26.4 Å². The number of carbonyl (C=O) groups is 2. The Kier molecular flexibility index (Phi) is 5.84. The van der Waals surface area contributed by atoms with Crippen LogP contribution in [0.4, 0.5) is 4.39 Å². The Hall–Kier alpha value is -1.91. The molecule has 0 heterocycles. The predicted molar refractivity (Wildman–Crippen MR) is 62.2 cm³/mol. The lowest BCUT2D eigenvalue weighted by Gasteiger charge is -2.07. The van der Waals surface area contributed by atoms with Gasteiger partial charge in [-0.05, 0) is 18.9 Å². The van der Waals surface area contributed by atoms with Gasteiger partial charge in [0.15, 0.2) is 0 Å². The van der Waals surface area contributed by atoms with Crippen molar-refractivity contribution in [1.29, 1.82) is 0 Å². The van der Waals surface area contributed by atoms with Crippen LogP contribution in [0.25, 0.3) is 0 Å². The standard InChI is InChI=1S/C13H15FO4/c1-2-18-12(16)7-6-10-4-3-5-11(13(10)14)8-17-9-15/h3-5,9H,2,6-8H2,1H3. The molecule has 0 spiro atoms. The highest BCUT2D eigenvalue weighted by atomic mass is 19.1. The zero-order chi connectivity index (χ0) is 13.4. The number of hydrogen-bond acceptors (Lipinski definition) is 4. The Morgan fingerprint density at radius 2 is 2.11 bits per heavy atom. The summed E-state index contributed by atoms with van der Waals surface area (Å²) in [7, 11) is 0. The molecule has 0 bridgehead atoms. The Morgan fingerprint density at radius 1 is 1.39 bits per heavy atom. The first-order valence-corrected chi connectivity index (χ1v) is 5.66. The van der Waals surface area contributed by atoms with E-state index in [9.17, 15) is 14.0 Å². The molecule has 5 heteroatoms. The van der Waals surface area contributed by atoms with E-state index in [0.29, 0.717) is 17.7 Å². The zero-order valence-corrected chi connectivity index (χ0v) is 10.1. The Morgan fingerprint density at radius 3 is 2.78 bits per heavy atom. The van der Waals surface area contributed by atoms with Crippen LogP contribution in [0, 0.1) is 5.82 Å². The lowest BCUT2D eigenvalue weighted by atomic mass is 10.1. The van der Waals surface area contributed by atoms with Crippen LogP contribution in [0.5, 0.6) is 0 Å². The second kappa shape index (κ2) is 7.42. The SMILES string of the molecule is CCOC(=O)CCc1cccc(COC=O)c1F. The molecule has 1 aromatic carbocycles. The molecule has 0 aliphatic heterocycles. The Labute approximate surface area is 105 Å². The maximum absolute atomic E-state index is 13.9. The smallest absolute Gasteiger partial charge is 0.306 e. The monoisotopic (exact) mass is 254 g/mol. The molecule has 0 fully saturated rings. The molecule has 1 rings (SSSR count). The summed E-state index contributed by atoms with van der Waals surface area (Å²) in [6.45, 7) is 2.19. The number of benzene rings is 1. The molecule has 4 nitrogen and oxygen atoms in total. The molecule has 0 N–H and O–H groups in total. The fourth-order valence-electron chi connectivity index (χ4n) is 1.53. The van der Waals surface area contributed by atoms with E-state index in [-0.39, 0.29) is 31.9 Å².